The first-order chi connectivity index (χ1) is 8.93. The molecule has 0 spiro atoms. The zero-order valence-corrected chi connectivity index (χ0v) is 11.5. The summed E-state index contributed by atoms with van der Waals surface area (Å²) in [5, 5.41) is 14.5. The average Bonchev–Trinajstić information content (AvgIpc) is 2.37. The van der Waals surface area contributed by atoms with Crippen molar-refractivity contribution in [2.75, 3.05) is 12.4 Å². The van der Waals surface area contributed by atoms with E-state index in [0.29, 0.717) is 12.0 Å². The second-order valence-electron chi connectivity index (χ2n) is 4.59. The molecule has 0 bridgehead atoms. The molecule has 1 aromatic carbocycles. The van der Waals surface area contributed by atoms with Crippen molar-refractivity contribution in [1.82, 2.24) is 5.32 Å². The Morgan fingerprint density at radius 2 is 2.05 bits per heavy atom. The lowest BCUT2D eigenvalue weighted by Gasteiger charge is -2.16. The Kier molecular flexibility index (Phi) is 5.36. The van der Waals surface area contributed by atoms with Crippen molar-refractivity contribution in [3.05, 3.63) is 29.3 Å². The van der Waals surface area contributed by atoms with E-state index in [2.05, 4.69) is 10.6 Å². The van der Waals surface area contributed by atoms with Crippen LogP contribution in [0, 0.1) is 6.92 Å². The van der Waals surface area contributed by atoms with Crippen LogP contribution in [0.1, 0.15) is 35.7 Å². The highest BCUT2D eigenvalue weighted by Crippen LogP contribution is 2.18. The predicted octanol–water partition coefficient (Wildman–Crippen LogP) is 2.02. The summed E-state index contributed by atoms with van der Waals surface area (Å²) >= 11 is 0. The number of carboxylic acids is 1. The fourth-order valence-corrected chi connectivity index (χ4v) is 1.79. The van der Waals surface area contributed by atoms with Crippen molar-refractivity contribution in [1.29, 1.82) is 0 Å². The molecule has 0 aliphatic heterocycles. The molecule has 0 saturated carbocycles. The number of anilines is 1. The molecule has 1 unspecified atom stereocenters. The standard InChI is InChI=1S/C14H20N2O3/c1-9-8-11(14(19)15-3)5-6-12(9)16-10(2)4-7-13(17)18/h5-6,8,10,16H,4,7H2,1-3H3,(H,15,19)(H,17,18). The highest BCUT2D eigenvalue weighted by molar-refractivity contribution is 5.94. The third-order valence-electron chi connectivity index (χ3n) is 2.91. The van der Waals surface area contributed by atoms with E-state index in [0.717, 1.165) is 11.3 Å². The van der Waals surface area contributed by atoms with Crippen LogP contribution < -0.4 is 10.6 Å². The van der Waals surface area contributed by atoms with Crippen LogP contribution in [0.3, 0.4) is 0 Å². The topological polar surface area (TPSA) is 78.4 Å². The molecule has 1 amide bonds. The number of hydrogen-bond donors (Lipinski definition) is 3. The average molecular weight is 264 g/mol. The maximum atomic E-state index is 11.5. The van der Waals surface area contributed by atoms with Gasteiger partial charge in [-0.3, -0.25) is 9.59 Å². The second kappa shape index (κ2) is 6.78. The number of carbonyl (C=O) groups is 2. The van der Waals surface area contributed by atoms with E-state index in [1.54, 1.807) is 13.1 Å². The molecule has 0 saturated heterocycles. The van der Waals surface area contributed by atoms with Crippen LogP contribution in [0.25, 0.3) is 0 Å². The van der Waals surface area contributed by atoms with E-state index in [1.165, 1.54) is 0 Å². The van der Waals surface area contributed by atoms with Crippen LogP contribution in [-0.2, 0) is 4.79 Å². The molecular formula is C14H20N2O3. The molecule has 0 aliphatic carbocycles. The van der Waals surface area contributed by atoms with E-state index in [4.69, 9.17) is 5.11 Å². The zero-order valence-electron chi connectivity index (χ0n) is 11.5. The Hall–Kier alpha value is -2.04. The lowest BCUT2D eigenvalue weighted by Crippen LogP contribution is -2.19. The summed E-state index contributed by atoms with van der Waals surface area (Å²) < 4.78 is 0. The minimum absolute atomic E-state index is 0.0700. The van der Waals surface area contributed by atoms with Gasteiger partial charge in [0.05, 0.1) is 0 Å². The molecule has 1 atom stereocenters. The first kappa shape index (κ1) is 15.0. The normalized spacial score (nSPS) is 11.7. The van der Waals surface area contributed by atoms with Crippen LogP contribution in [0.4, 0.5) is 5.69 Å². The Morgan fingerprint density at radius 3 is 2.58 bits per heavy atom. The SMILES string of the molecule is CNC(=O)c1ccc(NC(C)CCC(=O)O)c(C)c1. The molecule has 5 nitrogen and oxygen atoms in total. The lowest BCUT2D eigenvalue weighted by atomic mass is 10.1. The van der Waals surface area contributed by atoms with Gasteiger partial charge in [0.1, 0.15) is 0 Å². The van der Waals surface area contributed by atoms with Gasteiger partial charge in [-0.15, -0.1) is 0 Å². The monoisotopic (exact) mass is 264 g/mol. The number of nitrogens with one attached hydrogen (secondary N) is 2. The number of aryl methyl sites for hydroxylation is 1. The van der Waals surface area contributed by atoms with Gasteiger partial charge in [0.15, 0.2) is 0 Å². The molecule has 0 aromatic heterocycles. The third-order valence-corrected chi connectivity index (χ3v) is 2.91. The minimum atomic E-state index is -0.791. The lowest BCUT2D eigenvalue weighted by molar-refractivity contribution is -0.137. The Labute approximate surface area is 113 Å². The van der Waals surface area contributed by atoms with Gasteiger partial charge >= 0.3 is 5.97 Å². The molecule has 19 heavy (non-hydrogen) atoms. The molecule has 5 heteroatoms. The molecule has 1 aromatic rings. The van der Waals surface area contributed by atoms with E-state index in [1.807, 2.05) is 26.0 Å². The number of aliphatic carboxylic acids is 1. The van der Waals surface area contributed by atoms with Crippen molar-refractivity contribution < 1.29 is 14.7 Å². The Bertz CT molecular complexity index is 472. The number of amides is 1. The number of carbonyl (C=O) groups excluding carboxylic acids is 1. The van der Waals surface area contributed by atoms with Gasteiger partial charge in [-0.05, 0) is 44.0 Å². The van der Waals surface area contributed by atoms with Gasteiger partial charge in [-0.25, -0.2) is 0 Å². The van der Waals surface area contributed by atoms with E-state index in [-0.39, 0.29) is 18.4 Å². The second-order valence-corrected chi connectivity index (χ2v) is 4.59. The molecule has 3 N–H and O–H groups in total. The largest absolute Gasteiger partial charge is 0.481 e. The summed E-state index contributed by atoms with van der Waals surface area (Å²) in [5.41, 5.74) is 2.50. The van der Waals surface area contributed by atoms with Crippen molar-refractivity contribution in [2.45, 2.75) is 32.7 Å². The van der Waals surface area contributed by atoms with Crippen LogP contribution in [0.2, 0.25) is 0 Å². The first-order valence-electron chi connectivity index (χ1n) is 6.25. The van der Waals surface area contributed by atoms with Gasteiger partial charge in [-0.1, -0.05) is 0 Å². The van der Waals surface area contributed by atoms with Crippen LogP contribution in [-0.4, -0.2) is 30.1 Å². The van der Waals surface area contributed by atoms with Crippen LogP contribution in [0.15, 0.2) is 18.2 Å². The fourth-order valence-electron chi connectivity index (χ4n) is 1.79. The maximum Gasteiger partial charge on any atom is 0.303 e. The molecule has 104 valence electrons. The minimum Gasteiger partial charge on any atom is -0.481 e. The molecule has 0 heterocycles. The van der Waals surface area contributed by atoms with Gasteiger partial charge < -0.3 is 15.7 Å². The number of carboxylic acid groups (broad SMARTS) is 1. The summed E-state index contributed by atoms with van der Waals surface area (Å²) in [6, 6.07) is 5.47. The smallest absolute Gasteiger partial charge is 0.303 e. The highest BCUT2D eigenvalue weighted by Gasteiger charge is 2.09. The predicted molar refractivity (Wildman–Crippen MR) is 74.5 cm³/mol. The van der Waals surface area contributed by atoms with E-state index in [9.17, 15) is 9.59 Å². The molecule has 0 fully saturated rings. The highest BCUT2D eigenvalue weighted by atomic mass is 16.4. The summed E-state index contributed by atoms with van der Waals surface area (Å²) in [5.74, 6) is -0.908. The number of hydrogen-bond acceptors (Lipinski definition) is 3. The van der Waals surface area contributed by atoms with Gasteiger partial charge in [0, 0.05) is 30.8 Å². The van der Waals surface area contributed by atoms with Gasteiger partial charge in [0.2, 0.25) is 0 Å². The van der Waals surface area contributed by atoms with Crippen molar-refractivity contribution in [2.24, 2.45) is 0 Å². The molecule has 0 aliphatic rings. The summed E-state index contributed by atoms with van der Waals surface area (Å²) in [6.07, 6.45) is 0.704. The summed E-state index contributed by atoms with van der Waals surface area (Å²) in [6.45, 7) is 3.85. The molecule has 0 radical (unpaired) electrons. The third kappa shape index (κ3) is 4.62. The zero-order chi connectivity index (χ0) is 14.4. The van der Waals surface area contributed by atoms with E-state index < -0.39 is 5.97 Å². The quantitative estimate of drug-likeness (QED) is 0.734. The Balaban J connectivity index is 2.69. The molecular weight excluding hydrogens is 244 g/mol. The number of benzene rings is 1. The fraction of sp³-hybridized carbons (Fsp3) is 0.429. The Morgan fingerprint density at radius 1 is 1.37 bits per heavy atom. The summed E-state index contributed by atoms with van der Waals surface area (Å²) in [7, 11) is 1.60. The van der Waals surface area contributed by atoms with Crippen LogP contribution in [0.5, 0.6) is 0 Å². The van der Waals surface area contributed by atoms with Crippen molar-refractivity contribution in [3.8, 4) is 0 Å². The van der Waals surface area contributed by atoms with E-state index >= 15 is 0 Å². The van der Waals surface area contributed by atoms with Gasteiger partial charge in [0.25, 0.3) is 5.91 Å². The van der Waals surface area contributed by atoms with Gasteiger partial charge in [-0.2, -0.15) is 0 Å². The van der Waals surface area contributed by atoms with Crippen LogP contribution >= 0.6 is 0 Å². The van der Waals surface area contributed by atoms with Crippen molar-refractivity contribution >= 4 is 17.6 Å². The number of rotatable bonds is 6. The maximum absolute atomic E-state index is 11.5. The summed E-state index contributed by atoms with van der Waals surface area (Å²) in [4.78, 5) is 22.0. The van der Waals surface area contributed by atoms with Crippen molar-refractivity contribution in [3.63, 3.8) is 0 Å². The molecule has 1 rings (SSSR count). The first-order valence-corrected chi connectivity index (χ1v) is 6.25.